The lowest BCUT2D eigenvalue weighted by atomic mass is 9.84. The summed E-state index contributed by atoms with van der Waals surface area (Å²) in [6.45, 7) is 3.54. The molecule has 0 saturated carbocycles. The second-order valence-corrected chi connectivity index (χ2v) is 8.60. The number of benzene rings is 3. The lowest BCUT2D eigenvalue weighted by molar-refractivity contribution is -0.113. The van der Waals surface area contributed by atoms with Crippen LogP contribution in [0.2, 0.25) is 0 Å². The van der Waals surface area contributed by atoms with Crippen molar-refractivity contribution in [3.8, 4) is 6.07 Å². The van der Waals surface area contributed by atoms with Crippen molar-refractivity contribution in [1.82, 2.24) is 0 Å². The Hall–Kier alpha value is -4.21. The van der Waals surface area contributed by atoms with Gasteiger partial charge in [0, 0.05) is 11.1 Å². The molecule has 0 spiro atoms. The summed E-state index contributed by atoms with van der Waals surface area (Å²) in [6.07, 6.45) is 0. The zero-order valence-electron chi connectivity index (χ0n) is 19.2. The number of carbonyl (C=O) groups excluding carboxylic acids is 2. The Labute approximate surface area is 198 Å². The first kappa shape index (κ1) is 23.0. The van der Waals surface area contributed by atoms with Gasteiger partial charge in [-0.3, -0.25) is 4.79 Å². The number of anilines is 1. The van der Waals surface area contributed by atoms with Gasteiger partial charge in [0.1, 0.15) is 0 Å². The molecule has 1 heterocycles. The van der Waals surface area contributed by atoms with E-state index in [2.05, 4.69) is 6.07 Å². The Morgan fingerprint density at radius 1 is 1.03 bits per heavy atom. The Bertz CT molecular complexity index is 1340. The summed E-state index contributed by atoms with van der Waals surface area (Å²) >= 11 is 0. The highest BCUT2D eigenvalue weighted by Gasteiger charge is 2.38. The monoisotopic (exact) mass is 452 g/mol. The van der Waals surface area contributed by atoms with E-state index in [0.717, 1.165) is 16.8 Å². The highest BCUT2D eigenvalue weighted by atomic mass is 16.5. The van der Waals surface area contributed by atoms with E-state index < -0.39 is 11.6 Å². The summed E-state index contributed by atoms with van der Waals surface area (Å²) in [5, 5.41) is 20.3. The molecule has 6 nitrogen and oxygen atoms in total. The van der Waals surface area contributed by atoms with Crippen molar-refractivity contribution < 1.29 is 19.4 Å². The van der Waals surface area contributed by atoms with E-state index in [4.69, 9.17) is 10.00 Å². The number of nitrogens with zero attached hydrogens (tertiary/aromatic N) is 2. The van der Waals surface area contributed by atoms with Gasteiger partial charge >= 0.3 is 5.97 Å². The number of aliphatic hydroxyl groups is 1. The molecule has 0 atom stereocenters. The van der Waals surface area contributed by atoms with Gasteiger partial charge in [-0.1, -0.05) is 42.5 Å². The second-order valence-electron chi connectivity index (χ2n) is 8.60. The molecule has 6 heteroatoms. The molecular formula is C28H24N2O4. The number of para-hydroxylation sites is 1. The van der Waals surface area contributed by atoms with Crippen molar-refractivity contribution in [2.45, 2.75) is 26.0 Å². The van der Waals surface area contributed by atoms with Crippen molar-refractivity contribution in [3.05, 3.63) is 101 Å². The van der Waals surface area contributed by atoms with E-state index in [-0.39, 0.29) is 12.5 Å². The predicted octanol–water partition coefficient (Wildman–Crippen LogP) is 4.57. The van der Waals surface area contributed by atoms with Crippen molar-refractivity contribution in [2.24, 2.45) is 0 Å². The van der Waals surface area contributed by atoms with E-state index in [1.54, 1.807) is 61.2 Å². The molecule has 170 valence electrons. The van der Waals surface area contributed by atoms with Gasteiger partial charge in [-0.2, -0.15) is 5.26 Å². The van der Waals surface area contributed by atoms with Gasteiger partial charge in [-0.25, -0.2) is 4.79 Å². The number of rotatable bonds is 5. The van der Waals surface area contributed by atoms with Crippen LogP contribution in [0.25, 0.3) is 11.1 Å². The van der Waals surface area contributed by atoms with Crippen LogP contribution in [0.4, 0.5) is 5.69 Å². The number of nitriles is 1. The number of hydrogen-bond acceptors (Lipinski definition) is 5. The fourth-order valence-electron chi connectivity index (χ4n) is 4.29. The van der Waals surface area contributed by atoms with E-state index in [1.165, 1.54) is 7.11 Å². The van der Waals surface area contributed by atoms with Crippen molar-refractivity contribution in [3.63, 3.8) is 0 Å². The quantitative estimate of drug-likeness (QED) is 0.452. The SMILES string of the molecule is COC(=O)c1cccc(CN2C(=O)C(=C(c3ccc(C#N)cc3)C(C)(C)O)c3ccccc32)c1. The molecular weight excluding hydrogens is 428 g/mol. The largest absolute Gasteiger partial charge is 0.465 e. The highest BCUT2D eigenvalue weighted by molar-refractivity contribution is 6.38. The van der Waals surface area contributed by atoms with Crippen LogP contribution in [0.15, 0.2) is 72.8 Å². The summed E-state index contributed by atoms with van der Waals surface area (Å²) in [7, 11) is 1.33. The predicted molar refractivity (Wildman–Crippen MR) is 130 cm³/mol. The average molecular weight is 453 g/mol. The molecule has 3 aromatic rings. The molecule has 1 N–H and O–H groups in total. The summed E-state index contributed by atoms with van der Waals surface area (Å²) in [6, 6.07) is 23.3. The first-order chi connectivity index (χ1) is 16.2. The van der Waals surface area contributed by atoms with Crippen LogP contribution in [-0.2, 0) is 16.1 Å². The molecule has 0 aromatic heterocycles. The van der Waals surface area contributed by atoms with Gasteiger partial charge in [0.2, 0.25) is 0 Å². The number of hydrogen-bond donors (Lipinski definition) is 1. The lowest BCUT2D eigenvalue weighted by Crippen LogP contribution is -2.29. The van der Waals surface area contributed by atoms with Crippen LogP contribution in [0, 0.1) is 11.3 Å². The standard InChI is InChI=1S/C28H24N2O4/c1-28(2,33)25(20-13-11-18(16-29)12-14-20)24-22-9-4-5-10-23(22)30(26(24)31)17-19-7-6-8-21(15-19)27(32)34-3/h4-15,33H,17H2,1-3H3. The fourth-order valence-corrected chi connectivity index (χ4v) is 4.29. The summed E-state index contributed by atoms with van der Waals surface area (Å²) in [5.41, 5.74) is 3.36. The maximum absolute atomic E-state index is 13.8. The summed E-state index contributed by atoms with van der Waals surface area (Å²) < 4.78 is 4.82. The van der Waals surface area contributed by atoms with E-state index in [9.17, 15) is 14.7 Å². The van der Waals surface area contributed by atoms with Crippen LogP contribution in [0.3, 0.4) is 0 Å². The number of amides is 1. The molecule has 0 saturated heterocycles. The third kappa shape index (κ3) is 4.21. The molecule has 1 aliphatic heterocycles. The molecule has 4 rings (SSSR count). The van der Waals surface area contributed by atoms with Crippen LogP contribution in [-0.4, -0.2) is 29.7 Å². The van der Waals surface area contributed by atoms with Crippen LogP contribution in [0.5, 0.6) is 0 Å². The fraction of sp³-hybridized carbons (Fsp3) is 0.179. The van der Waals surface area contributed by atoms with Gasteiger partial charge in [0.25, 0.3) is 5.91 Å². The maximum atomic E-state index is 13.8. The number of methoxy groups -OCH3 is 1. The summed E-state index contributed by atoms with van der Waals surface area (Å²) in [4.78, 5) is 27.5. The molecule has 0 radical (unpaired) electrons. The second kappa shape index (κ2) is 8.97. The van der Waals surface area contributed by atoms with Crippen LogP contribution < -0.4 is 4.90 Å². The first-order valence-corrected chi connectivity index (χ1v) is 10.8. The highest BCUT2D eigenvalue weighted by Crippen LogP contribution is 2.44. The molecule has 0 bridgehead atoms. The normalized spacial score (nSPS) is 14.4. The Kier molecular flexibility index (Phi) is 6.06. The van der Waals surface area contributed by atoms with Crippen molar-refractivity contribution in [2.75, 3.05) is 12.0 Å². The third-order valence-corrected chi connectivity index (χ3v) is 5.78. The van der Waals surface area contributed by atoms with Crippen LogP contribution in [0.1, 0.15) is 46.5 Å². The molecule has 34 heavy (non-hydrogen) atoms. The zero-order valence-corrected chi connectivity index (χ0v) is 19.2. The van der Waals surface area contributed by atoms with Gasteiger partial charge in [-0.15, -0.1) is 0 Å². The Morgan fingerprint density at radius 3 is 2.38 bits per heavy atom. The van der Waals surface area contributed by atoms with E-state index >= 15 is 0 Å². The van der Waals surface area contributed by atoms with Gasteiger partial charge in [-0.05, 0) is 55.3 Å². The maximum Gasteiger partial charge on any atom is 0.337 e. The number of ether oxygens (including phenoxy) is 1. The minimum Gasteiger partial charge on any atom is -0.465 e. The minimum atomic E-state index is -1.33. The Morgan fingerprint density at radius 2 is 1.74 bits per heavy atom. The smallest absolute Gasteiger partial charge is 0.337 e. The minimum absolute atomic E-state index is 0.244. The Balaban J connectivity index is 1.85. The molecule has 0 unspecified atom stereocenters. The molecule has 1 amide bonds. The van der Waals surface area contributed by atoms with Gasteiger partial charge in [0.05, 0.1) is 47.7 Å². The number of esters is 1. The van der Waals surface area contributed by atoms with E-state index in [0.29, 0.717) is 27.8 Å². The summed E-state index contributed by atoms with van der Waals surface area (Å²) in [5.74, 6) is -0.688. The van der Waals surface area contributed by atoms with Gasteiger partial charge < -0.3 is 14.7 Å². The third-order valence-electron chi connectivity index (χ3n) is 5.78. The molecule has 0 fully saturated rings. The zero-order chi connectivity index (χ0) is 24.5. The van der Waals surface area contributed by atoms with Crippen molar-refractivity contribution >= 4 is 28.7 Å². The lowest BCUT2D eigenvalue weighted by Gasteiger charge is -2.25. The van der Waals surface area contributed by atoms with Gasteiger partial charge in [0.15, 0.2) is 0 Å². The topological polar surface area (TPSA) is 90.6 Å². The molecule has 3 aromatic carbocycles. The van der Waals surface area contributed by atoms with E-state index in [1.807, 2.05) is 30.3 Å². The number of fused-ring (bicyclic) bond motifs is 1. The first-order valence-electron chi connectivity index (χ1n) is 10.8. The number of carbonyl (C=O) groups is 2. The average Bonchev–Trinajstić information content (AvgIpc) is 3.10. The van der Waals surface area contributed by atoms with Crippen molar-refractivity contribution in [1.29, 1.82) is 5.26 Å². The van der Waals surface area contributed by atoms with Crippen LogP contribution >= 0.6 is 0 Å². The molecule has 0 aliphatic carbocycles. The molecule has 1 aliphatic rings.